The van der Waals surface area contributed by atoms with Gasteiger partial charge in [0.15, 0.2) is 15.7 Å². The molecule has 1 aromatic heterocycles. The van der Waals surface area contributed by atoms with Gasteiger partial charge in [0.05, 0.1) is 11.2 Å². The van der Waals surface area contributed by atoms with Gasteiger partial charge in [0.1, 0.15) is 0 Å². The highest BCUT2D eigenvalue weighted by Crippen LogP contribution is 2.14. The molecule has 0 spiro atoms. The van der Waals surface area contributed by atoms with E-state index < -0.39 is 9.84 Å². The molecule has 3 aromatic rings. The van der Waals surface area contributed by atoms with Gasteiger partial charge < -0.3 is 9.88 Å². The maximum Gasteiger partial charge on any atom is 0.256 e. The number of benzene rings is 2. The number of aromatic nitrogens is 2. The van der Waals surface area contributed by atoms with Crippen LogP contribution >= 0.6 is 11.6 Å². The Morgan fingerprint density at radius 3 is 2.58 bits per heavy atom. The van der Waals surface area contributed by atoms with Crippen molar-refractivity contribution >= 4 is 33.2 Å². The van der Waals surface area contributed by atoms with Crippen molar-refractivity contribution in [2.45, 2.75) is 11.4 Å². The molecule has 0 radical (unpaired) electrons. The molecule has 0 unspecified atom stereocenters. The summed E-state index contributed by atoms with van der Waals surface area (Å²) in [5, 5.41) is 3.35. The predicted octanol–water partition coefficient (Wildman–Crippen LogP) is 3.24. The lowest BCUT2D eigenvalue weighted by Gasteiger charge is -2.04. The first-order chi connectivity index (χ1) is 12.3. The topological polar surface area (TPSA) is 81.1 Å². The van der Waals surface area contributed by atoms with Crippen LogP contribution in [0.3, 0.4) is 0 Å². The second kappa shape index (κ2) is 7.31. The Morgan fingerprint density at radius 2 is 1.92 bits per heavy atom. The van der Waals surface area contributed by atoms with Crippen LogP contribution in [0.25, 0.3) is 0 Å². The van der Waals surface area contributed by atoms with Crippen LogP contribution in [0.1, 0.15) is 15.9 Å². The smallest absolute Gasteiger partial charge is 0.256 e. The number of nitrogens with one attached hydrogen (secondary N) is 1. The van der Waals surface area contributed by atoms with Crippen molar-refractivity contribution in [1.82, 2.24) is 9.55 Å². The number of anilines is 1. The summed E-state index contributed by atoms with van der Waals surface area (Å²) in [5.74, 6) is 0.0438. The van der Waals surface area contributed by atoms with Gasteiger partial charge in [0, 0.05) is 29.6 Å². The third kappa shape index (κ3) is 4.50. The highest BCUT2D eigenvalue weighted by atomic mass is 35.5. The zero-order chi connectivity index (χ0) is 18.7. The van der Waals surface area contributed by atoms with Crippen LogP contribution in [0, 0.1) is 0 Å². The van der Waals surface area contributed by atoms with Crippen LogP contribution in [0.5, 0.6) is 0 Å². The fraction of sp³-hybridized carbons (Fsp3) is 0.111. The molecular formula is C18H16ClN3O3S. The zero-order valence-electron chi connectivity index (χ0n) is 13.9. The molecule has 0 bridgehead atoms. The standard InChI is InChI=1S/C18H16ClN3O3S/c1-26(24,25)16-7-5-14(6-8-16)18(23)21-17-11-22(12-20-17)10-13-3-2-4-15(19)9-13/h2-9,11-12H,10H2,1H3,(H,21,23). The molecule has 8 heteroatoms. The molecule has 2 aromatic carbocycles. The Balaban J connectivity index is 1.67. The van der Waals surface area contributed by atoms with Crippen molar-refractivity contribution in [3.63, 3.8) is 0 Å². The summed E-state index contributed by atoms with van der Waals surface area (Å²) in [4.78, 5) is 16.6. The van der Waals surface area contributed by atoms with E-state index in [2.05, 4.69) is 10.3 Å². The van der Waals surface area contributed by atoms with Gasteiger partial charge in [-0.05, 0) is 42.0 Å². The van der Waals surface area contributed by atoms with E-state index in [1.165, 1.54) is 24.3 Å². The number of nitrogens with zero attached hydrogens (tertiary/aromatic N) is 2. The zero-order valence-corrected chi connectivity index (χ0v) is 15.5. The number of hydrogen-bond donors (Lipinski definition) is 1. The molecule has 0 aliphatic heterocycles. The fourth-order valence-electron chi connectivity index (χ4n) is 2.40. The first-order valence-corrected chi connectivity index (χ1v) is 9.96. The second-order valence-corrected chi connectivity index (χ2v) is 8.26. The van der Waals surface area contributed by atoms with Gasteiger partial charge in [0.2, 0.25) is 0 Å². The number of imidazole rings is 1. The van der Waals surface area contributed by atoms with Gasteiger partial charge in [0.25, 0.3) is 5.91 Å². The van der Waals surface area contributed by atoms with Crippen LogP contribution in [-0.4, -0.2) is 30.1 Å². The van der Waals surface area contributed by atoms with Crippen LogP contribution in [0.4, 0.5) is 5.82 Å². The molecule has 1 heterocycles. The lowest BCUT2D eigenvalue weighted by molar-refractivity contribution is 0.102. The Hall–Kier alpha value is -2.64. The van der Waals surface area contributed by atoms with E-state index in [0.717, 1.165) is 11.8 Å². The van der Waals surface area contributed by atoms with Crippen molar-refractivity contribution in [2.24, 2.45) is 0 Å². The van der Waals surface area contributed by atoms with Crippen molar-refractivity contribution in [3.05, 3.63) is 77.2 Å². The predicted molar refractivity (Wildman–Crippen MR) is 100 cm³/mol. The van der Waals surface area contributed by atoms with Crippen LogP contribution in [0.15, 0.2) is 66.0 Å². The lowest BCUT2D eigenvalue weighted by atomic mass is 10.2. The van der Waals surface area contributed by atoms with E-state index in [0.29, 0.717) is 22.9 Å². The van der Waals surface area contributed by atoms with E-state index in [-0.39, 0.29) is 10.8 Å². The molecule has 0 aliphatic carbocycles. The minimum absolute atomic E-state index is 0.167. The number of sulfone groups is 1. The van der Waals surface area contributed by atoms with Gasteiger partial charge in [-0.25, -0.2) is 13.4 Å². The van der Waals surface area contributed by atoms with Gasteiger partial charge in [-0.1, -0.05) is 23.7 Å². The SMILES string of the molecule is CS(=O)(=O)c1ccc(C(=O)Nc2cn(Cc3cccc(Cl)c3)cn2)cc1. The van der Waals surface area contributed by atoms with Crippen molar-refractivity contribution in [1.29, 1.82) is 0 Å². The summed E-state index contributed by atoms with van der Waals surface area (Å²) in [7, 11) is -3.29. The number of carbonyl (C=O) groups excluding carboxylic acids is 1. The number of rotatable bonds is 5. The Kier molecular flexibility index (Phi) is 5.11. The van der Waals surface area contributed by atoms with Gasteiger partial charge >= 0.3 is 0 Å². The first-order valence-electron chi connectivity index (χ1n) is 7.69. The van der Waals surface area contributed by atoms with E-state index >= 15 is 0 Å². The quantitative estimate of drug-likeness (QED) is 0.726. The van der Waals surface area contributed by atoms with Crippen LogP contribution in [0.2, 0.25) is 5.02 Å². The Labute approximate surface area is 156 Å². The maximum atomic E-state index is 12.3. The molecule has 0 atom stereocenters. The summed E-state index contributed by atoms with van der Waals surface area (Å²) in [5.41, 5.74) is 1.37. The molecule has 6 nitrogen and oxygen atoms in total. The van der Waals surface area contributed by atoms with Gasteiger partial charge in [-0.15, -0.1) is 0 Å². The van der Waals surface area contributed by atoms with E-state index in [1.54, 1.807) is 18.6 Å². The largest absolute Gasteiger partial charge is 0.331 e. The number of halogens is 1. The molecule has 1 amide bonds. The lowest BCUT2D eigenvalue weighted by Crippen LogP contribution is -2.12. The summed E-state index contributed by atoms with van der Waals surface area (Å²) in [6, 6.07) is 13.2. The summed E-state index contributed by atoms with van der Waals surface area (Å²) >= 11 is 5.97. The molecule has 26 heavy (non-hydrogen) atoms. The fourth-order valence-corrected chi connectivity index (χ4v) is 3.24. The van der Waals surface area contributed by atoms with E-state index in [9.17, 15) is 13.2 Å². The average Bonchev–Trinajstić information content (AvgIpc) is 3.01. The molecule has 0 fully saturated rings. The number of amides is 1. The summed E-state index contributed by atoms with van der Waals surface area (Å²) in [6.45, 7) is 0.576. The molecule has 0 saturated heterocycles. The highest BCUT2D eigenvalue weighted by molar-refractivity contribution is 7.90. The van der Waals surface area contributed by atoms with E-state index in [1.807, 2.05) is 22.8 Å². The number of hydrogen-bond acceptors (Lipinski definition) is 4. The van der Waals surface area contributed by atoms with Gasteiger partial charge in [-0.3, -0.25) is 4.79 Å². The molecule has 1 N–H and O–H groups in total. The highest BCUT2D eigenvalue weighted by Gasteiger charge is 2.11. The normalized spacial score (nSPS) is 11.3. The van der Waals surface area contributed by atoms with Crippen molar-refractivity contribution < 1.29 is 13.2 Å². The van der Waals surface area contributed by atoms with Crippen LogP contribution in [-0.2, 0) is 16.4 Å². The van der Waals surface area contributed by atoms with Gasteiger partial charge in [-0.2, -0.15) is 0 Å². The third-order valence-electron chi connectivity index (χ3n) is 3.67. The minimum Gasteiger partial charge on any atom is -0.331 e. The first kappa shape index (κ1) is 18.2. The molecule has 3 rings (SSSR count). The van der Waals surface area contributed by atoms with E-state index in [4.69, 9.17) is 11.6 Å². The average molecular weight is 390 g/mol. The Morgan fingerprint density at radius 1 is 1.19 bits per heavy atom. The molecule has 0 aliphatic rings. The van der Waals surface area contributed by atoms with Crippen molar-refractivity contribution in [2.75, 3.05) is 11.6 Å². The third-order valence-corrected chi connectivity index (χ3v) is 5.04. The van der Waals surface area contributed by atoms with Crippen LogP contribution < -0.4 is 5.32 Å². The summed E-state index contributed by atoms with van der Waals surface area (Å²) < 4.78 is 24.7. The number of carbonyl (C=O) groups is 1. The monoisotopic (exact) mass is 389 g/mol. The minimum atomic E-state index is -3.29. The molecular weight excluding hydrogens is 374 g/mol. The van der Waals surface area contributed by atoms with Crippen molar-refractivity contribution in [3.8, 4) is 0 Å². The molecule has 0 saturated carbocycles. The summed E-state index contributed by atoms with van der Waals surface area (Å²) in [6.07, 6.45) is 4.45. The Bertz CT molecular complexity index is 1040. The molecule has 134 valence electrons. The maximum absolute atomic E-state index is 12.3. The second-order valence-electron chi connectivity index (χ2n) is 5.81.